The van der Waals surface area contributed by atoms with Gasteiger partial charge in [-0.1, -0.05) is 0 Å². The lowest BCUT2D eigenvalue weighted by Gasteiger charge is -2.21. The molecule has 0 saturated heterocycles. The molecule has 1 aliphatic carbocycles. The van der Waals surface area contributed by atoms with Crippen LogP contribution in [-0.2, 0) is 10.2 Å². The Bertz CT molecular complexity index is 367. The van der Waals surface area contributed by atoms with E-state index >= 15 is 0 Å². The molecule has 0 aromatic carbocycles. The molecular formula is C10H11ClO3. The molecule has 1 unspecified atom stereocenters. The standard InChI is InChI=1S/C10H11ClO3/c1-10(9(12)13,6-2-3-6)7-4-5-8(11)14-7/h4-6H,2-3H2,1H3,(H,12,13). The van der Waals surface area contributed by atoms with E-state index in [1.165, 1.54) is 0 Å². The van der Waals surface area contributed by atoms with Crippen LogP contribution in [0.2, 0.25) is 5.22 Å². The number of hydrogen-bond acceptors (Lipinski definition) is 2. The highest BCUT2D eigenvalue weighted by Gasteiger charge is 2.50. The highest BCUT2D eigenvalue weighted by atomic mass is 35.5. The molecule has 2 rings (SSSR count). The first-order valence-electron chi connectivity index (χ1n) is 4.54. The molecule has 3 nitrogen and oxygen atoms in total. The average Bonchev–Trinajstić information content (AvgIpc) is 2.88. The summed E-state index contributed by atoms with van der Waals surface area (Å²) in [7, 11) is 0. The Morgan fingerprint density at radius 3 is 2.64 bits per heavy atom. The number of carboxylic acids is 1. The monoisotopic (exact) mass is 214 g/mol. The van der Waals surface area contributed by atoms with E-state index in [-0.39, 0.29) is 11.1 Å². The molecular weight excluding hydrogens is 204 g/mol. The zero-order valence-corrected chi connectivity index (χ0v) is 8.54. The van der Waals surface area contributed by atoms with Gasteiger partial charge in [0.1, 0.15) is 11.2 Å². The van der Waals surface area contributed by atoms with E-state index in [2.05, 4.69) is 0 Å². The third kappa shape index (κ3) is 1.32. The Morgan fingerprint density at radius 2 is 2.29 bits per heavy atom. The molecule has 0 bridgehead atoms. The molecule has 0 spiro atoms. The van der Waals surface area contributed by atoms with Crippen molar-refractivity contribution in [3.8, 4) is 0 Å². The molecule has 1 aromatic rings. The molecule has 1 aliphatic rings. The van der Waals surface area contributed by atoms with Crippen LogP contribution in [0, 0.1) is 5.92 Å². The van der Waals surface area contributed by atoms with E-state index < -0.39 is 11.4 Å². The Hall–Kier alpha value is -0.960. The summed E-state index contributed by atoms with van der Waals surface area (Å²) in [6.07, 6.45) is 1.89. The van der Waals surface area contributed by atoms with Crippen molar-refractivity contribution in [2.75, 3.05) is 0 Å². The topological polar surface area (TPSA) is 50.4 Å². The van der Waals surface area contributed by atoms with Gasteiger partial charge in [-0.2, -0.15) is 0 Å². The number of rotatable bonds is 3. The second kappa shape index (κ2) is 3.02. The van der Waals surface area contributed by atoms with Crippen molar-refractivity contribution in [1.29, 1.82) is 0 Å². The molecule has 1 aromatic heterocycles. The van der Waals surface area contributed by atoms with E-state index in [0.717, 1.165) is 12.8 Å². The Kier molecular flexibility index (Phi) is 2.07. The zero-order chi connectivity index (χ0) is 10.3. The lowest BCUT2D eigenvalue weighted by atomic mass is 9.82. The minimum Gasteiger partial charge on any atom is -0.480 e. The molecule has 14 heavy (non-hydrogen) atoms. The lowest BCUT2D eigenvalue weighted by molar-refractivity contribution is -0.144. The summed E-state index contributed by atoms with van der Waals surface area (Å²) in [6, 6.07) is 3.23. The molecule has 1 atom stereocenters. The molecule has 0 amide bonds. The van der Waals surface area contributed by atoms with Crippen LogP contribution in [-0.4, -0.2) is 11.1 Å². The summed E-state index contributed by atoms with van der Waals surface area (Å²) in [4.78, 5) is 11.2. The molecule has 1 N–H and O–H groups in total. The fourth-order valence-electron chi connectivity index (χ4n) is 1.74. The van der Waals surface area contributed by atoms with E-state index in [1.807, 2.05) is 0 Å². The van der Waals surface area contributed by atoms with Crippen LogP contribution in [0.4, 0.5) is 0 Å². The number of hydrogen-bond donors (Lipinski definition) is 1. The predicted molar refractivity (Wildman–Crippen MR) is 51.4 cm³/mol. The van der Waals surface area contributed by atoms with Gasteiger partial charge in [0.25, 0.3) is 0 Å². The van der Waals surface area contributed by atoms with Crippen LogP contribution in [0.5, 0.6) is 0 Å². The van der Waals surface area contributed by atoms with Gasteiger partial charge in [-0.15, -0.1) is 0 Å². The zero-order valence-electron chi connectivity index (χ0n) is 7.79. The number of carbonyl (C=O) groups is 1. The maximum absolute atomic E-state index is 11.2. The van der Waals surface area contributed by atoms with Crippen LogP contribution in [0.1, 0.15) is 25.5 Å². The van der Waals surface area contributed by atoms with Crippen molar-refractivity contribution in [2.24, 2.45) is 5.92 Å². The van der Waals surface area contributed by atoms with E-state index in [9.17, 15) is 9.90 Å². The van der Waals surface area contributed by atoms with Gasteiger partial charge in [0.15, 0.2) is 5.22 Å². The maximum atomic E-state index is 11.2. The third-order valence-corrected chi connectivity index (χ3v) is 3.13. The summed E-state index contributed by atoms with van der Waals surface area (Å²) in [6.45, 7) is 1.70. The molecule has 0 radical (unpaired) electrons. The van der Waals surface area contributed by atoms with Crippen molar-refractivity contribution >= 4 is 17.6 Å². The smallest absolute Gasteiger partial charge is 0.317 e. The summed E-state index contributed by atoms with van der Waals surface area (Å²) < 4.78 is 5.20. The number of furan rings is 1. The Labute approximate surface area is 86.7 Å². The van der Waals surface area contributed by atoms with Crippen molar-refractivity contribution in [3.05, 3.63) is 23.1 Å². The fourth-order valence-corrected chi connectivity index (χ4v) is 1.88. The summed E-state index contributed by atoms with van der Waals surface area (Å²) in [5.74, 6) is -0.203. The van der Waals surface area contributed by atoms with Gasteiger partial charge >= 0.3 is 5.97 Å². The maximum Gasteiger partial charge on any atom is 0.317 e. The first-order chi connectivity index (χ1) is 6.55. The minimum atomic E-state index is -0.910. The SMILES string of the molecule is CC(C(=O)O)(c1ccc(Cl)o1)C1CC1. The predicted octanol–water partition coefficient (Wildman–Crippen LogP) is 2.69. The van der Waals surface area contributed by atoms with Gasteiger partial charge in [-0.3, -0.25) is 4.79 Å². The second-order valence-electron chi connectivity index (χ2n) is 3.89. The second-order valence-corrected chi connectivity index (χ2v) is 4.26. The molecule has 0 aliphatic heterocycles. The van der Waals surface area contributed by atoms with E-state index in [4.69, 9.17) is 16.0 Å². The van der Waals surface area contributed by atoms with Crippen molar-refractivity contribution in [2.45, 2.75) is 25.2 Å². The van der Waals surface area contributed by atoms with Crippen LogP contribution in [0.25, 0.3) is 0 Å². The lowest BCUT2D eigenvalue weighted by Crippen LogP contribution is -2.34. The molecule has 1 fully saturated rings. The Balaban J connectivity index is 2.40. The fraction of sp³-hybridized carbons (Fsp3) is 0.500. The van der Waals surface area contributed by atoms with Crippen molar-refractivity contribution in [1.82, 2.24) is 0 Å². The van der Waals surface area contributed by atoms with Gasteiger partial charge in [0.2, 0.25) is 0 Å². The van der Waals surface area contributed by atoms with Crippen LogP contribution in [0.3, 0.4) is 0 Å². The largest absolute Gasteiger partial charge is 0.480 e. The highest BCUT2D eigenvalue weighted by molar-refractivity contribution is 6.28. The quantitative estimate of drug-likeness (QED) is 0.842. The number of aliphatic carboxylic acids is 1. The van der Waals surface area contributed by atoms with Crippen LogP contribution < -0.4 is 0 Å². The van der Waals surface area contributed by atoms with Gasteiger partial charge in [0.05, 0.1) is 0 Å². The molecule has 76 valence electrons. The van der Waals surface area contributed by atoms with E-state index in [1.54, 1.807) is 19.1 Å². The summed E-state index contributed by atoms with van der Waals surface area (Å²) in [5, 5.41) is 9.45. The van der Waals surface area contributed by atoms with Gasteiger partial charge in [-0.25, -0.2) is 0 Å². The summed E-state index contributed by atoms with van der Waals surface area (Å²) in [5.41, 5.74) is -0.910. The van der Waals surface area contributed by atoms with Crippen molar-refractivity contribution < 1.29 is 14.3 Å². The first kappa shape index (κ1) is 9.59. The normalized spacial score (nSPS) is 20.4. The summed E-state index contributed by atoms with van der Waals surface area (Å²) >= 11 is 5.64. The minimum absolute atomic E-state index is 0.183. The number of halogens is 1. The van der Waals surface area contributed by atoms with Crippen LogP contribution in [0.15, 0.2) is 16.5 Å². The highest BCUT2D eigenvalue weighted by Crippen LogP contribution is 2.48. The Morgan fingerprint density at radius 1 is 1.64 bits per heavy atom. The number of carboxylic acid groups (broad SMARTS) is 1. The average molecular weight is 215 g/mol. The van der Waals surface area contributed by atoms with Gasteiger partial charge in [-0.05, 0) is 49.4 Å². The van der Waals surface area contributed by atoms with Crippen molar-refractivity contribution in [3.63, 3.8) is 0 Å². The van der Waals surface area contributed by atoms with Crippen LogP contribution >= 0.6 is 11.6 Å². The molecule has 1 saturated carbocycles. The molecule has 1 heterocycles. The van der Waals surface area contributed by atoms with Gasteiger partial charge in [0, 0.05) is 0 Å². The third-order valence-electron chi connectivity index (χ3n) is 2.92. The van der Waals surface area contributed by atoms with E-state index in [0.29, 0.717) is 5.76 Å². The first-order valence-corrected chi connectivity index (χ1v) is 4.92. The van der Waals surface area contributed by atoms with Gasteiger partial charge < -0.3 is 9.52 Å². The molecule has 4 heteroatoms.